The number of halogens is 3. The molecule has 0 aliphatic heterocycles. The molecule has 23 heavy (non-hydrogen) atoms. The molecule has 1 aromatic heterocycles. The van der Waals surface area contributed by atoms with E-state index in [0.717, 1.165) is 22.3 Å². The van der Waals surface area contributed by atoms with Crippen LogP contribution in [0.15, 0.2) is 36.7 Å². The van der Waals surface area contributed by atoms with E-state index in [1.54, 1.807) is 25.4 Å². The molecule has 1 heterocycles. The van der Waals surface area contributed by atoms with Gasteiger partial charge in [-0.05, 0) is 48.7 Å². The minimum absolute atomic E-state index is 0.0945. The maximum atomic E-state index is 12.2. The topological polar surface area (TPSA) is 59.1 Å². The van der Waals surface area contributed by atoms with Crippen LogP contribution in [0, 0.1) is 13.8 Å². The van der Waals surface area contributed by atoms with Crippen molar-refractivity contribution in [2.75, 3.05) is 10.5 Å². The number of nitrogens with zero attached hydrogens (tertiary/aromatic N) is 1. The molecule has 2 aromatic rings. The molecule has 1 aromatic carbocycles. The highest BCUT2D eigenvalue weighted by Crippen LogP contribution is 2.28. The molecular formula is C15H15F3N2O2S. The van der Waals surface area contributed by atoms with Gasteiger partial charge in [0.25, 0.3) is 0 Å². The molecule has 0 saturated heterocycles. The van der Waals surface area contributed by atoms with Gasteiger partial charge in [0, 0.05) is 23.6 Å². The number of sulfonamides is 1. The summed E-state index contributed by atoms with van der Waals surface area (Å²) in [4.78, 5) is 4.05. The fourth-order valence-corrected chi connectivity index (χ4v) is 3.20. The van der Waals surface area contributed by atoms with Crippen LogP contribution >= 0.6 is 0 Å². The number of rotatable bonds is 4. The van der Waals surface area contributed by atoms with E-state index < -0.39 is 22.0 Å². The molecule has 0 amide bonds. The fraction of sp³-hybridized carbons (Fsp3) is 0.267. The maximum Gasteiger partial charge on any atom is 0.404 e. The Balaban J connectivity index is 2.29. The van der Waals surface area contributed by atoms with E-state index in [4.69, 9.17) is 0 Å². The third-order valence-electron chi connectivity index (χ3n) is 3.18. The number of hydrogen-bond acceptors (Lipinski definition) is 3. The molecule has 4 nitrogen and oxygen atoms in total. The van der Waals surface area contributed by atoms with Crippen LogP contribution in [-0.4, -0.2) is 25.3 Å². The van der Waals surface area contributed by atoms with Crippen molar-refractivity contribution < 1.29 is 21.6 Å². The van der Waals surface area contributed by atoms with Crippen molar-refractivity contribution in [2.45, 2.75) is 20.0 Å². The number of nitrogens with one attached hydrogen (secondary N) is 1. The Bertz CT molecular complexity index is 818. The minimum atomic E-state index is -4.78. The predicted octanol–water partition coefficient (Wildman–Crippen LogP) is 3.67. The Hall–Kier alpha value is -2.09. The number of aryl methyl sites for hydroxylation is 2. The van der Waals surface area contributed by atoms with Gasteiger partial charge in [0.2, 0.25) is 10.0 Å². The van der Waals surface area contributed by atoms with Crippen LogP contribution in [0.4, 0.5) is 18.9 Å². The third kappa shape index (κ3) is 4.69. The van der Waals surface area contributed by atoms with Crippen molar-refractivity contribution in [1.29, 1.82) is 0 Å². The van der Waals surface area contributed by atoms with Gasteiger partial charge in [-0.25, -0.2) is 8.42 Å². The van der Waals surface area contributed by atoms with Crippen LogP contribution < -0.4 is 4.72 Å². The van der Waals surface area contributed by atoms with E-state index in [1.807, 2.05) is 17.7 Å². The number of alkyl halides is 3. The van der Waals surface area contributed by atoms with Gasteiger partial charge in [-0.15, -0.1) is 0 Å². The first-order chi connectivity index (χ1) is 10.6. The number of aromatic nitrogens is 1. The van der Waals surface area contributed by atoms with Crippen molar-refractivity contribution >= 4 is 15.7 Å². The molecule has 0 fully saturated rings. The van der Waals surface area contributed by atoms with Crippen LogP contribution in [0.1, 0.15) is 11.1 Å². The zero-order chi connectivity index (χ0) is 17.3. The normalized spacial score (nSPS) is 12.2. The summed E-state index contributed by atoms with van der Waals surface area (Å²) < 4.78 is 61.6. The Morgan fingerprint density at radius 1 is 1.09 bits per heavy atom. The Morgan fingerprint density at radius 3 is 2.35 bits per heavy atom. The van der Waals surface area contributed by atoms with Gasteiger partial charge in [0.1, 0.15) is 0 Å². The van der Waals surface area contributed by atoms with Crippen LogP contribution in [0.25, 0.3) is 11.1 Å². The summed E-state index contributed by atoms with van der Waals surface area (Å²) in [5.74, 6) is -1.91. The van der Waals surface area contributed by atoms with E-state index >= 15 is 0 Å². The van der Waals surface area contributed by atoms with Gasteiger partial charge in [-0.1, -0.05) is 6.07 Å². The maximum absolute atomic E-state index is 12.2. The summed E-state index contributed by atoms with van der Waals surface area (Å²) in [7, 11) is -4.48. The number of anilines is 1. The molecule has 0 bridgehead atoms. The molecule has 2 rings (SSSR count). The number of benzene rings is 1. The molecule has 1 N–H and O–H groups in total. The lowest BCUT2D eigenvalue weighted by Crippen LogP contribution is -2.27. The van der Waals surface area contributed by atoms with Crippen molar-refractivity contribution in [3.63, 3.8) is 0 Å². The third-order valence-corrected chi connectivity index (χ3v) is 4.44. The second-order valence-electron chi connectivity index (χ2n) is 5.20. The molecule has 0 radical (unpaired) electrons. The van der Waals surface area contributed by atoms with Crippen molar-refractivity contribution in [1.82, 2.24) is 4.98 Å². The first kappa shape index (κ1) is 17.3. The van der Waals surface area contributed by atoms with Gasteiger partial charge in [-0.2, -0.15) is 13.2 Å². The van der Waals surface area contributed by atoms with Crippen LogP contribution in [0.3, 0.4) is 0 Å². The summed E-state index contributed by atoms with van der Waals surface area (Å²) in [6.07, 6.45) is -1.44. The lowest BCUT2D eigenvalue weighted by molar-refractivity contribution is -0.106. The van der Waals surface area contributed by atoms with Crippen LogP contribution in [0.2, 0.25) is 0 Å². The van der Waals surface area contributed by atoms with Crippen LogP contribution in [0.5, 0.6) is 0 Å². The molecule has 124 valence electrons. The number of pyridine rings is 1. The largest absolute Gasteiger partial charge is 0.404 e. The van der Waals surface area contributed by atoms with Crippen LogP contribution in [-0.2, 0) is 10.0 Å². The zero-order valence-electron chi connectivity index (χ0n) is 12.5. The van der Waals surface area contributed by atoms with E-state index in [-0.39, 0.29) is 5.69 Å². The Morgan fingerprint density at radius 2 is 1.78 bits per heavy atom. The lowest BCUT2D eigenvalue weighted by Gasteiger charge is -2.13. The smallest absolute Gasteiger partial charge is 0.283 e. The van der Waals surface area contributed by atoms with E-state index in [9.17, 15) is 21.6 Å². The lowest BCUT2D eigenvalue weighted by atomic mass is 9.98. The molecule has 8 heteroatoms. The second kappa shape index (κ2) is 6.19. The summed E-state index contributed by atoms with van der Waals surface area (Å²) in [6, 6.07) is 6.43. The van der Waals surface area contributed by atoms with Crippen molar-refractivity contribution in [3.05, 3.63) is 47.8 Å². The average molecular weight is 344 g/mol. The van der Waals surface area contributed by atoms with Crippen molar-refractivity contribution in [3.8, 4) is 11.1 Å². The van der Waals surface area contributed by atoms with Gasteiger partial charge in [0.15, 0.2) is 5.75 Å². The molecule has 0 aliphatic rings. The fourth-order valence-electron chi connectivity index (χ4n) is 2.21. The minimum Gasteiger partial charge on any atom is -0.283 e. The Kier molecular flexibility index (Phi) is 4.65. The molecule has 0 spiro atoms. The molecule has 0 saturated carbocycles. The number of hydrogen-bond donors (Lipinski definition) is 1. The quantitative estimate of drug-likeness (QED) is 0.921. The van der Waals surface area contributed by atoms with Gasteiger partial charge in [0.05, 0.1) is 0 Å². The van der Waals surface area contributed by atoms with Crippen molar-refractivity contribution in [2.24, 2.45) is 0 Å². The summed E-state index contributed by atoms with van der Waals surface area (Å²) in [5.41, 5.74) is 3.54. The highest BCUT2D eigenvalue weighted by atomic mass is 32.2. The highest BCUT2D eigenvalue weighted by molar-refractivity contribution is 7.92. The average Bonchev–Trinajstić information content (AvgIpc) is 2.36. The van der Waals surface area contributed by atoms with E-state index in [1.165, 1.54) is 12.1 Å². The van der Waals surface area contributed by atoms with Gasteiger partial charge < -0.3 is 0 Å². The molecular weight excluding hydrogens is 329 g/mol. The summed E-state index contributed by atoms with van der Waals surface area (Å²) in [6.45, 7) is 3.67. The monoisotopic (exact) mass is 344 g/mol. The first-order valence-electron chi connectivity index (χ1n) is 6.66. The predicted molar refractivity (Wildman–Crippen MR) is 82.6 cm³/mol. The van der Waals surface area contributed by atoms with Gasteiger partial charge >= 0.3 is 6.18 Å². The SMILES string of the molecule is Cc1cc(NS(=O)(=O)CC(F)(F)F)ccc1-c1cnccc1C. The molecule has 0 aliphatic carbocycles. The second-order valence-corrected chi connectivity index (χ2v) is 6.92. The zero-order valence-corrected chi connectivity index (χ0v) is 13.3. The standard InChI is InChI=1S/C15H15F3N2O2S/c1-10-5-6-19-8-14(10)13-4-3-12(7-11(13)2)20-23(21,22)9-15(16,17)18/h3-8,20H,9H2,1-2H3. The van der Waals surface area contributed by atoms with E-state index in [2.05, 4.69) is 4.98 Å². The molecule has 0 unspecified atom stereocenters. The Labute approximate surface area is 132 Å². The van der Waals surface area contributed by atoms with Gasteiger partial charge in [-0.3, -0.25) is 9.71 Å². The first-order valence-corrected chi connectivity index (χ1v) is 8.31. The highest BCUT2D eigenvalue weighted by Gasteiger charge is 2.35. The van der Waals surface area contributed by atoms with E-state index in [0.29, 0.717) is 0 Å². The molecule has 0 atom stereocenters. The summed E-state index contributed by atoms with van der Waals surface area (Å²) >= 11 is 0. The summed E-state index contributed by atoms with van der Waals surface area (Å²) in [5, 5.41) is 0.